The van der Waals surface area contributed by atoms with Gasteiger partial charge >= 0.3 is 0 Å². The van der Waals surface area contributed by atoms with Crippen molar-refractivity contribution < 1.29 is 4.79 Å². The summed E-state index contributed by atoms with van der Waals surface area (Å²) in [6.07, 6.45) is 4.46. The molecule has 1 aliphatic rings. The number of nitrogens with one attached hydrogen (secondary N) is 1. The van der Waals surface area contributed by atoms with Gasteiger partial charge in [-0.25, -0.2) is 0 Å². The normalized spacial score (nSPS) is 10.5. The number of carbonyl (C=O) groups is 1. The molecule has 0 heterocycles. The molecular formula is C10H9N6O-. The highest BCUT2D eigenvalue weighted by Crippen LogP contribution is 2.17. The molecule has 7 heteroatoms. The molecule has 0 bridgehead atoms. The van der Waals surface area contributed by atoms with E-state index in [-0.39, 0.29) is 5.78 Å². The van der Waals surface area contributed by atoms with Crippen molar-refractivity contribution in [3.05, 3.63) is 67.9 Å². The van der Waals surface area contributed by atoms with Crippen molar-refractivity contribution in [1.82, 2.24) is 0 Å². The first-order chi connectivity index (χ1) is 8.21. The Morgan fingerprint density at radius 3 is 2.24 bits per heavy atom. The Labute approximate surface area is 97.2 Å². The fourth-order valence-corrected chi connectivity index (χ4v) is 1.30. The number of hydrogen-bond acceptors (Lipinski definition) is 2. The standard InChI is InChI=1S/C10H8O.HN3.N3/c11-10-7-3-5-8-4-1-2-6-9(8)10;2*1-3-2/h1-6H,7H2;1H;/q;;-1. The van der Waals surface area contributed by atoms with Gasteiger partial charge in [0.1, 0.15) is 0 Å². The smallest absolute Gasteiger partial charge is 0.167 e. The molecule has 2 rings (SSSR count). The summed E-state index contributed by atoms with van der Waals surface area (Å²) < 4.78 is 0. The lowest BCUT2D eigenvalue weighted by atomic mass is 9.97. The van der Waals surface area contributed by atoms with Gasteiger partial charge in [0.05, 0.1) is 0 Å². The van der Waals surface area contributed by atoms with Gasteiger partial charge in [-0.3, -0.25) is 9.71 Å². The van der Waals surface area contributed by atoms with Gasteiger partial charge in [-0.15, -0.1) is 5.53 Å². The number of nitrogens with zero attached hydrogens (tertiary/aromatic N) is 5. The van der Waals surface area contributed by atoms with Crippen LogP contribution in [0, 0.1) is 5.53 Å². The van der Waals surface area contributed by atoms with Crippen molar-refractivity contribution >= 4 is 11.9 Å². The Kier molecular flexibility index (Phi) is 7.17. The zero-order valence-electron chi connectivity index (χ0n) is 8.82. The van der Waals surface area contributed by atoms with Gasteiger partial charge in [0, 0.05) is 12.0 Å². The van der Waals surface area contributed by atoms with E-state index in [9.17, 15) is 4.79 Å². The summed E-state index contributed by atoms with van der Waals surface area (Å²) in [5, 5.41) is 0. The number of hydrogen-bond donors (Lipinski definition) is 1. The second-order valence-corrected chi connectivity index (χ2v) is 2.81. The summed E-state index contributed by atoms with van der Waals surface area (Å²) in [4.78, 5) is 14.5. The number of carbonyl (C=O) groups excluding carboxylic acids is 1. The number of rotatable bonds is 0. The summed E-state index contributed by atoms with van der Waals surface area (Å²) in [5.74, 6) is 0.225. The summed E-state index contributed by atoms with van der Waals surface area (Å²) in [6.45, 7) is 0. The van der Waals surface area contributed by atoms with Crippen LogP contribution in [0.1, 0.15) is 22.3 Å². The van der Waals surface area contributed by atoms with Crippen molar-refractivity contribution in [2.24, 2.45) is 0 Å². The van der Waals surface area contributed by atoms with E-state index in [1.807, 2.05) is 36.4 Å². The lowest BCUT2D eigenvalue weighted by Crippen LogP contribution is -2.02. The fraction of sp³-hybridized carbons (Fsp3) is 0.100. The van der Waals surface area contributed by atoms with Crippen LogP contribution in [-0.4, -0.2) is 5.78 Å². The van der Waals surface area contributed by atoms with E-state index in [0.717, 1.165) is 11.1 Å². The third-order valence-corrected chi connectivity index (χ3v) is 1.86. The van der Waals surface area contributed by atoms with Crippen LogP contribution in [-0.2, 0) is 0 Å². The van der Waals surface area contributed by atoms with Crippen LogP contribution < -0.4 is 0 Å². The van der Waals surface area contributed by atoms with Gasteiger partial charge in [-0.05, 0) is 16.0 Å². The first-order valence-electron chi connectivity index (χ1n) is 4.49. The SMILES string of the molecule is O=C1CC=Cc2ccccc21.[N-]=[N+]=N.[N-]=[N+]=[N-]. The first kappa shape index (κ1) is 14.2. The maximum atomic E-state index is 11.2. The maximum Gasteiger partial charge on any atom is 0.167 e. The first-order valence-corrected chi connectivity index (χ1v) is 4.49. The van der Waals surface area contributed by atoms with Crippen LogP contribution in [0.15, 0.2) is 30.3 Å². The molecule has 0 aliphatic heterocycles. The molecule has 0 amide bonds. The molecule has 1 aliphatic carbocycles. The monoisotopic (exact) mass is 229 g/mol. The van der Waals surface area contributed by atoms with Gasteiger partial charge < -0.3 is 11.1 Å². The van der Waals surface area contributed by atoms with Crippen LogP contribution in [0.4, 0.5) is 0 Å². The molecule has 0 fully saturated rings. The summed E-state index contributed by atoms with van der Waals surface area (Å²) in [7, 11) is 0. The van der Waals surface area contributed by atoms with Crippen LogP contribution in [0.5, 0.6) is 0 Å². The van der Waals surface area contributed by atoms with Crippen molar-refractivity contribution in [2.45, 2.75) is 6.42 Å². The highest BCUT2D eigenvalue weighted by molar-refractivity contribution is 6.02. The minimum Gasteiger partial charge on any atom is -0.373 e. The summed E-state index contributed by atoms with van der Waals surface area (Å²) >= 11 is 0. The Hall–Kier alpha value is -2.75. The van der Waals surface area contributed by atoms with E-state index < -0.39 is 0 Å². The molecule has 0 atom stereocenters. The van der Waals surface area contributed by atoms with E-state index >= 15 is 0 Å². The molecule has 1 N–H and O–H groups in total. The Morgan fingerprint density at radius 2 is 1.71 bits per heavy atom. The molecule has 17 heavy (non-hydrogen) atoms. The summed E-state index contributed by atoms with van der Waals surface area (Å²) in [5.41, 5.74) is 27.7. The van der Waals surface area contributed by atoms with E-state index in [2.05, 4.69) is 0 Å². The highest BCUT2D eigenvalue weighted by Gasteiger charge is 2.10. The van der Waals surface area contributed by atoms with Crippen LogP contribution in [0.25, 0.3) is 32.5 Å². The Bertz CT molecular complexity index is 469. The molecule has 86 valence electrons. The topological polar surface area (TPSA) is 136 Å². The quantitative estimate of drug-likeness (QED) is 0.401. The van der Waals surface area contributed by atoms with E-state index in [1.54, 1.807) is 4.91 Å². The molecule has 7 nitrogen and oxygen atoms in total. The van der Waals surface area contributed by atoms with Crippen LogP contribution in [0.3, 0.4) is 0 Å². The molecule has 0 aromatic heterocycles. The second-order valence-electron chi connectivity index (χ2n) is 2.81. The minimum atomic E-state index is 0.225. The molecule has 1 aromatic rings. The van der Waals surface area contributed by atoms with Gasteiger partial charge in [0.2, 0.25) is 0 Å². The third kappa shape index (κ3) is 5.03. The molecule has 0 saturated heterocycles. The Balaban J connectivity index is 0.000000366. The number of Topliss-reactive ketones (excluding diaryl/α,β-unsaturated/α-hetero) is 1. The lowest BCUT2D eigenvalue weighted by Gasteiger charge is -2.07. The molecule has 1 aromatic carbocycles. The van der Waals surface area contributed by atoms with Crippen molar-refractivity contribution in [2.75, 3.05) is 0 Å². The van der Waals surface area contributed by atoms with Crippen molar-refractivity contribution in [1.29, 1.82) is 5.53 Å². The highest BCUT2D eigenvalue weighted by atomic mass is 16.1. The number of fused-ring (bicyclic) bond motifs is 1. The molecule has 0 unspecified atom stereocenters. The van der Waals surface area contributed by atoms with E-state index in [0.29, 0.717) is 6.42 Å². The average Bonchev–Trinajstić information content (AvgIpc) is 2.32. The van der Waals surface area contributed by atoms with Gasteiger partial charge in [0.15, 0.2) is 5.78 Å². The number of ketones is 1. The molecule has 0 saturated carbocycles. The largest absolute Gasteiger partial charge is 0.373 e. The summed E-state index contributed by atoms with van der Waals surface area (Å²) in [6, 6.07) is 7.68. The average molecular weight is 229 g/mol. The zero-order valence-corrected chi connectivity index (χ0v) is 8.82. The predicted molar refractivity (Wildman–Crippen MR) is 63.9 cm³/mol. The van der Waals surface area contributed by atoms with Gasteiger partial charge in [-0.2, -0.15) is 0 Å². The molecular weight excluding hydrogens is 220 g/mol. The van der Waals surface area contributed by atoms with Gasteiger partial charge in [-0.1, -0.05) is 36.4 Å². The Morgan fingerprint density at radius 1 is 1.18 bits per heavy atom. The van der Waals surface area contributed by atoms with Crippen molar-refractivity contribution in [3.8, 4) is 0 Å². The zero-order chi connectivity index (χ0) is 13.1. The van der Waals surface area contributed by atoms with E-state index in [4.69, 9.17) is 22.1 Å². The number of benzene rings is 1. The number of allylic oxidation sites excluding steroid dienone is 1. The maximum absolute atomic E-state index is 11.2. The lowest BCUT2D eigenvalue weighted by molar-refractivity contribution is 0.0994. The second kappa shape index (κ2) is 8.55. The fourth-order valence-electron chi connectivity index (χ4n) is 1.30. The van der Waals surface area contributed by atoms with Crippen LogP contribution >= 0.6 is 0 Å². The molecule has 0 radical (unpaired) electrons. The van der Waals surface area contributed by atoms with Gasteiger partial charge in [0.25, 0.3) is 0 Å². The van der Waals surface area contributed by atoms with Crippen LogP contribution in [0.2, 0.25) is 0 Å². The minimum absolute atomic E-state index is 0.225. The van der Waals surface area contributed by atoms with Crippen molar-refractivity contribution in [3.63, 3.8) is 0 Å². The predicted octanol–water partition coefficient (Wildman–Crippen LogP) is 4.03. The molecule has 0 spiro atoms. The van der Waals surface area contributed by atoms with E-state index in [1.165, 1.54) is 4.91 Å². The third-order valence-electron chi connectivity index (χ3n) is 1.86.